The first kappa shape index (κ1) is 12.7. The zero-order chi connectivity index (χ0) is 13.1. The maximum Gasteiger partial charge on any atom is 0.148 e. The van der Waals surface area contributed by atoms with Gasteiger partial charge >= 0.3 is 0 Å². The number of halogens is 2. The molecule has 0 fully saturated rings. The minimum Gasteiger partial charge on any atom is -0.488 e. The second-order valence-electron chi connectivity index (χ2n) is 3.97. The van der Waals surface area contributed by atoms with Crippen molar-refractivity contribution in [3.05, 3.63) is 58.4 Å². The van der Waals surface area contributed by atoms with Crippen LogP contribution in [0.3, 0.4) is 0 Å². The number of nitrogens with two attached hydrogens (primary N) is 1. The lowest BCUT2D eigenvalue weighted by Gasteiger charge is -2.11. The van der Waals surface area contributed by atoms with Gasteiger partial charge in [0.15, 0.2) is 0 Å². The summed E-state index contributed by atoms with van der Waals surface area (Å²) in [5.74, 6) is 0.204. The van der Waals surface area contributed by atoms with Crippen molar-refractivity contribution in [2.45, 2.75) is 13.5 Å². The molecule has 0 atom stereocenters. The second kappa shape index (κ2) is 5.27. The fraction of sp³-hybridized carbons (Fsp3) is 0.143. The Kier molecular flexibility index (Phi) is 3.72. The summed E-state index contributed by atoms with van der Waals surface area (Å²) in [6.45, 7) is 1.98. The van der Waals surface area contributed by atoms with E-state index in [4.69, 9.17) is 22.1 Å². The van der Waals surface area contributed by atoms with Crippen LogP contribution >= 0.6 is 11.6 Å². The topological polar surface area (TPSA) is 35.2 Å². The molecule has 0 heterocycles. The predicted molar refractivity (Wildman–Crippen MR) is 71.3 cm³/mol. The van der Waals surface area contributed by atoms with Crippen LogP contribution in [0.2, 0.25) is 5.02 Å². The molecule has 0 saturated heterocycles. The predicted octanol–water partition coefficient (Wildman–Crippen LogP) is 3.95. The van der Waals surface area contributed by atoms with Gasteiger partial charge in [-0.25, -0.2) is 4.39 Å². The Morgan fingerprint density at radius 3 is 2.72 bits per heavy atom. The van der Waals surface area contributed by atoms with Crippen molar-refractivity contribution in [3.8, 4) is 5.75 Å². The van der Waals surface area contributed by atoms with Crippen LogP contribution in [0.25, 0.3) is 0 Å². The molecule has 0 unspecified atom stereocenters. The number of hydrogen-bond donors (Lipinski definition) is 1. The third-order valence-corrected chi connectivity index (χ3v) is 3.03. The smallest absolute Gasteiger partial charge is 0.148 e. The summed E-state index contributed by atoms with van der Waals surface area (Å²) in [6, 6.07) is 10.2. The Bertz CT molecular complexity index is 520. The lowest BCUT2D eigenvalue weighted by atomic mass is 10.2. The molecule has 0 amide bonds. The monoisotopic (exact) mass is 265 g/mol. The Hall–Kier alpha value is -1.74. The van der Waals surface area contributed by atoms with Gasteiger partial charge in [0.1, 0.15) is 18.2 Å². The summed E-state index contributed by atoms with van der Waals surface area (Å²) in [6.07, 6.45) is 0. The van der Waals surface area contributed by atoms with Gasteiger partial charge in [-0.05, 0) is 25.1 Å². The van der Waals surface area contributed by atoms with Gasteiger partial charge < -0.3 is 10.5 Å². The van der Waals surface area contributed by atoms with Gasteiger partial charge in [-0.3, -0.25) is 0 Å². The van der Waals surface area contributed by atoms with Crippen LogP contribution < -0.4 is 10.5 Å². The first-order valence-electron chi connectivity index (χ1n) is 5.50. The van der Waals surface area contributed by atoms with Crippen molar-refractivity contribution >= 4 is 17.3 Å². The van der Waals surface area contributed by atoms with Crippen LogP contribution in [-0.2, 0) is 6.61 Å². The molecular weight excluding hydrogens is 253 g/mol. The second-order valence-corrected chi connectivity index (χ2v) is 4.38. The van der Waals surface area contributed by atoms with Crippen molar-refractivity contribution in [1.82, 2.24) is 0 Å². The molecule has 0 aromatic heterocycles. The molecule has 4 heteroatoms. The summed E-state index contributed by atoms with van der Waals surface area (Å²) in [7, 11) is 0. The summed E-state index contributed by atoms with van der Waals surface area (Å²) in [5, 5.41) is 0.0976. The molecular formula is C14H13ClFNO. The maximum absolute atomic E-state index is 13.6. The van der Waals surface area contributed by atoms with E-state index in [1.807, 2.05) is 6.92 Å². The van der Waals surface area contributed by atoms with Crippen molar-refractivity contribution in [3.63, 3.8) is 0 Å². The van der Waals surface area contributed by atoms with E-state index in [0.29, 0.717) is 17.0 Å². The quantitative estimate of drug-likeness (QED) is 0.853. The molecule has 0 aliphatic heterocycles. The molecule has 2 aromatic carbocycles. The molecule has 0 bridgehead atoms. The molecule has 2 aromatic rings. The van der Waals surface area contributed by atoms with Crippen LogP contribution in [0.15, 0.2) is 36.4 Å². The fourth-order valence-electron chi connectivity index (χ4n) is 1.60. The maximum atomic E-state index is 13.6. The molecule has 0 spiro atoms. The van der Waals surface area contributed by atoms with Crippen molar-refractivity contribution in [2.75, 3.05) is 5.73 Å². The minimum absolute atomic E-state index is 0.0976. The third kappa shape index (κ3) is 2.57. The van der Waals surface area contributed by atoms with Gasteiger partial charge in [0.2, 0.25) is 0 Å². The highest BCUT2D eigenvalue weighted by atomic mass is 35.5. The summed E-state index contributed by atoms with van der Waals surface area (Å²) in [4.78, 5) is 0. The lowest BCUT2D eigenvalue weighted by Crippen LogP contribution is -2.01. The summed E-state index contributed by atoms with van der Waals surface area (Å²) in [5.41, 5.74) is 7.69. The average molecular weight is 266 g/mol. The molecule has 0 aliphatic carbocycles. The van der Waals surface area contributed by atoms with Crippen LogP contribution in [0.4, 0.5) is 10.1 Å². The lowest BCUT2D eigenvalue weighted by molar-refractivity contribution is 0.298. The van der Waals surface area contributed by atoms with Crippen molar-refractivity contribution in [2.24, 2.45) is 0 Å². The van der Waals surface area contributed by atoms with Gasteiger partial charge in [0, 0.05) is 16.8 Å². The highest BCUT2D eigenvalue weighted by Crippen LogP contribution is 2.25. The van der Waals surface area contributed by atoms with Gasteiger partial charge in [-0.2, -0.15) is 0 Å². The summed E-state index contributed by atoms with van der Waals surface area (Å²) >= 11 is 5.70. The first-order chi connectivity index (χ1) is 8.59. The van der Waals surface area contributed by atoms with Gasteiger partial charge in [-0.1, -0.05) is 29.8 Å². The van der Waals surface area contributed by atoms with Gasteiger partial charge in [-0.15, -0.1) is 0 Å². The summed E-state index contributed by atoms with van der Waals surface area (Å²) < 4.78 is 19.2. The molecule has 0 aliphatic rings. The Morgan fingerprint density at radius 2 is 1.94 bits per heavy atom. The van der Waals surface area contributed by atoms with Crippen LogP contribution in [-0.4, -0.2) is 0 Å². The minimum atomic E-state index is -0.444. The highest BCUT2D eigenvalue weighted by molar-refractivity contribution is 6.30. The Labute approximate surface area is 110 Å². The van der Waals surface area contributed by atoms with E-state index in [-0.39, 0.29) is 11.6 Å². The highest BCUT2D eigenvalue weighted by Gasteiger charge is 2.08. The van der Waals surface area contributed by atoms with E-state index in [9.17, 15) is 4.39 Å². The third-order valence-electron chi connectivity index (χ3n) is 2.74. The number of benzene rings is 2. The number of hydrogen-bond acceptors (Lipinski definition) is 2. The molecule has 18 heavy (non-hydrogen) atoms. The molecule has 94 valence electrons. The number of ether oxygens (including phenoxy) is 1. The van der Waals surface area contributed by atoms with E-state index in [1.54, 1.807) is 30.3 Å². The van der Waals surface area contributed by atoms with Crippen LogP contribution in [0, 0.1) is 12.7 Å². The first-order valence-corrected chi connectivity index (χ1v) is 5.88. The van der Waals surface area contributed by atoms with Crippen molar-refractivity contribution in [1.29, 1.82) is 0 Å². The van der Waals surface area contributed by atoms with Gasteiger partial charge in [0.05, 0.1) is 5.02 Å². The van der Waals surface area contributed by atoms with E-state index < -0.39 is 5.82 Å². The fourth-order valence-corrected chi connectivity index (χ4v) is 1.80. The van der Waals surface area contributed by atoms with Crippen molar-refractivity contribution < 1.29 is 9.13 Å². The van der Waals surface area contributed by atoms with Gasteiger partial charge in [0.25, 0.3) is 0 Å². The Balaban J connectivity index is 2.17. The number of nitrogen functional groups attached to an aromatic ring is 1. The van der Waals surface area contributed by atoms with Crippen LogP contribution in [0.5, 0.6) is 5.75 Å². The van der Waals surface area contributed by atoms with E-state index in [0.717, 1.165) is 5.56 Å². The molecule has 2 N–H and O–H groups in total. The van der Waals surface area contributed by atoms with E-state index in [2.05, 4.69) is 0 Å². The number of anilines is 1. The normalized spacial score (nSPS) is 10.4. The molecule has 0 radical (unpaired) electrons. The van der Waals surface area contributed by atoms with E-state index >= 15 is 0 Å². The number of rotatable bonds is 3. The molecule has 2 nitrogen and oxygen atoms in total. The SMILES string of the molecule is Cc1c(N)cccc1OCc1cccc(Cl)c1F. The zero-order valence-corrected chi connectivity index (χ0v) is 10.7. The molecule has 0 saturated carbocycles. The average Bonchev–Trinajstić information content (AvgIpc) is 2.36. The van der Waals surface area contributed by atoms with Crippen LogP contribution in [0.1, 0.15) is 11.1 Å². The largest absolute Gasteiger partial charge is 0.488 e. The molecule has 2 rings (SSSR count). The standard InChI is InChI=1S/C14H13ClFNO/c1-9-12(17)6-3-7-13(9)18-8-10-4-2-5-11(15)14(10)16/h2-7H,8,17H2,1H3. The van der Waals surface area contributed by atoms with E-state index in [1.165, 1.54) is 6.07 Å². The zero-order valence-electron chi connectivity index (χ0n) is 9.91. The Morgan fingerprint density at radius 1 is 1.22 bits per heavy atom.